The molecule has 3 aliphatic rings. The Kier molecular flexibility index (Phi) is 7.39. The third-order valence-electron chi connectivity index (χ3n) is 7.69. The first-order valence-corrected chi connectivity index (χ1v) is 13.2. The van der Waals surface area contributed by atoms with E-state index in [2.05, 4.69) is 10.6 Å². The fourth-order valence-electron chi connectivity index (χ4n) is 5.61. The van der Waals surface area contributed by atoms with Crippen LogP contribution in [0.15, 0.2) is 42.5 Å². The fourth-order valence-corrected chi connectivity index (χ4v) is 5.61. The zero-order chi connectivity index (χ0) is 29.5. The maximum absolute atomic E-state index is 14.2. The first-order chi connectivity index (χ1) is 19.4. The van der Waals surface area contributed by atoms with Crippen molar-refractivity contribution >= 4 is 29.6 Å². The Morgan fingerprint density at radius 1 is 1.15 bits per heavy atom. The number of hydrogen-bond acceptors (Lipinski definition) is 5. The van der Waals surface area contributed by atoms with E-state index in [9.17, 15) is 36.7 Å². The van der Waals surface area contributed by atoms with Crippen LogP contribution in [0.5, 0.6) is 0 Å². The normalized spacial score (nSPS) is 20.9. The van der Waals surface area contributed by atoms with Crippen molar-refractivity contribution in [2.45, 2.75) is 56.5 Å². The van der Waals surface area contributed by atoms with Gasteiger partial charge in [-0.3, -0.25) is 9.59 Å². The van der Waals surface area contributed by atoms with Gasteiger partial charge < -0.3 is 20.3 Å². The quantitative estimate of drug-likeness (QED) is 0.474. The molecule has 2 fully saturated rings. The molecule has 1 aliphatic heterocycles. The van der Waals surface area contributed by atoms with Crippen molar-refractivity contribution in [2.24, 2.45) is 5.92 Å². The van der Waals surface area contributed by atoms with Gasteiger partial charge in [-0.1, -0.05) is 18.2 Å². The number of benzene rings is 2. The van der Waals surface area contributed by atoms with Gasteiger partial charge in [0.05, 0.1) is 0 Å². The molecule has 13 heteroatoms. The summed E-state index contributed by atoms with van der Waals surface area (Å²) in [4.78, 5) is 53.0. The van der Waals surface area contributed by atoms with Crippen LogP contribution in [-0.4, -0.2) is 59.5 Å². The molecule has 1 unspecified atom stereocenters. The Labute approximate surface area is 232 Å². The smallest absolute Gasteiger partial charge is 0.418 e. The third kappa shape index (κ3) is 5.57. The van der Waals surface area contributed by atoms with Crippen molar-refractivity contribution in [2.75, 3.05) is 18.9 Å². The number of ether oxygens (including phenoxy) is 1. The van der Waals surface area contributed by atoms with Crippen LogP contribution >= 0.6 is 0 Å². The Morgan fingerprint density at radius 3 is 2.49 bits per heavy atom. The van der Waals surface area contributed by atoms with E-state index in [0.29, 0.717) is 39.5 Å². The van der Waals surface area contributed by atoms with Crippen LogP contribution in [0.25, 0.3) is 0 Å². The number of urea groups is 1. The minimum absolute atomic E-state index is 0.129. The van der Waals surface area contributed by atoms with Gasteiger partial charge in [0.15, 0.2) is 0 Å². The van der Waals surface area contributed by atoms with Gasteiger partial charge in [-0.15, -0.1) is 0 Å². The molecule has 1 heterocycles. The van der Waals surface area contributed by atoms with E-state index in [4.69, 9.17) is 4.74 Å². The highest BCUT2D eigenvalue weighted by molar-refractivity contribution is 6.06. The van der Waals surface area contributed by atoms with Gasteiger partial charge in [0.25, 0.3) is 5.91 Å². The number of rotatable bonds is 7. The van der Waals surface area contributed by atoms with E-state index in [1.54, 1.807) is 18.2 Å². The van der Waals surface area contributed by atoms with E-state index in [0.717, 1.165) is 12.1 Å². The molecule has 2 atom stereocenters. The Balaban J connectivity index is 1.41. The second-order valence-electron chi connectivity index (χ2n) is 10.5. The summed E-state index contributed by atoms with van der Waals surface area (Å²) < 4.78 is 61.6. The van der Waals surface area contributed by atoms with Crippen LogP contribution < -0.4 is 10.6 Å². The number of fused-ring (bicyclic) bond motifs is 2. The molecule has 2 aromatic carbocycles. The lowest BCUT2D eigenvalue weighted by molar-refractivity contribution is -0.196. The van der Waals surface area contributed by atoms with E-state index in [-0.39, 0.29) is 24.8 Å². The molecule has 1 spiro atoms. The lowest BCUT2D eigenvalue weighted by Crippen LogP contribution is -2.53. The minimum atomic E-state index is -4.75. The number of nitrogens with one attached hydrogen (secondary N) is 2. The number of amides is 5. The lowest BCUT2D eigenvalue weighted by atomic mass is 9.78. The summed E-state index contributed by atoms with van der Waals surface area (Å²) in [6.45, 7) is -1.42. The topological polar surface area (TPSA) is 108 Å². The zero-order valence-electron chi connectivity index (χ0n) is 22.1. The Bertz CT molecular complexity index is 1380. The van der Waals surface area contributed by atoms with Gasteiger partial charge in [-0.2, -0.15) is 13.2 Å². The molecule has 2 N–H and O–H groups in total. The van der Waals surface area contributed by atoms with Crippen molar-refractivity contribution in [3.63, 3.8) is 0 Å². The van der Waals surface area contributed by atoms with Crippen molar-refractivity contribution in [1.82, 2.24) is 15.1 Å². The number of carbonyl (C=O) groups is 4. The highest BCUT2D eigenvalue weighted by Crippen LogP contribution is 2.46. The van der Waals surface area contributed by atoms with Crippen molar-refractivity contribution < 1.29 is 41.5 Å². The predicted octanol–water partition coefficient (Wildman–Crippen LogP) is 4.46. The summed E-state index contributed by atoms with van der Waals surface area (Å²) in [6, 6.07) is 6.93. The van der Waals surface area contributed by atoms with Gasteiger partial charge in [-0.05, 0) is 67.0 Å². The molecule has 0 radical (unpaired) electrons. The van der Waals surface area contributed by atoms with E-state index < -0.39 is 66.6 Å². The maximum atomic E-state index is 14.2. The molecule has 2 aromatic rings. The average Bonchev–Trinajstić information content (AvgIpc) is 3.72. The van der Waals surface area contributed by atoms with Gasteiger partial charge in [0, 0.05) is 31.3 Å². The van der Waals surface area contributed by atoms with Gasteiger partial charge in [0.1, 0.15) is 18.4 Å². The van der Waals surface area contributed by atoms with Crippen LogP contribution in [0.3, 0.4) is 0 Å². The number of imide groups is 1. The average molecular weight is 577 g/mol. The number of nitrogens with zero attached hydrogens (tertiary/aromatic N) is 2. The molecule has 9 nitrogen and oxygen atoms in total. The third-order valence-corrected chi connectivity index (χ3v) is 7.69. The van der Waals surface area contributed by atoms with E-state index >= 15 is 0 Å². The molecule has 0 bridgehead atoms. The summed E-state index contributed by atoms with van der Waals surface area (Å²) in [7, 11) is 1.46. The number of halogens is 4. The Hall–Kier alpha value is -4.16. The highest BCUT2D eigenvalue weighted by Gasteiger charge is 2.58. The summed E-state index contributed by atoms with van der Waals surface area (Å²) in [5, 5.41) is 5.06. The van der Waals surface area contributed by atoms with E-state index in [1.165, 1.54) is 19.2 Å². The minimum Gasteiger partial charge on any atom is -0.427 e. The molecule has 1 saturated carbocycles. The lowest BCUT2D eigenvalue weighted by Gasteiger charge is -2.34. The van der Waals surface area contributed by atoms with Crippen LogP contribution in [0, 0.1) is 11.7 Å². The number of aryl methyl sites for hydroxylation is 1. The number of carbonyl (C=O) groups excluding carboxylic acids is 4. The molecule has 218 valence electrons. The molecule has 5 rings (SSSR count). The summed E-state index contributed by atoms with van der Waals surface area (Å²) in [6.07, 6.45) is -4.21. The van der Waals surface area contributed by atoms with Gasteiger partial charge in [0.2, 0.25) is 11.5 Å². The second-order valence-corrected chi connectivity index (χ2v) is 10.5. The van der Waals surface area contributed by atoms with Crippen molar-refractivity contribution in [3.8, 4) is 0 Å². The molecule has 0 aromatic heterocycles. The highest BCUT2D eigenvalue weighted by atomic mass is 19.4. The Morgan fingerprint density at radius 2 is 1.85 bits per heavy atom. The SMILES string of the molecule is CNC(=O)Nc1ccc2c(c1)CCCC21OC(=O)N(CC(=O)N(Cc2ccc(F)cc2)[C@@H](C2CC2)C(F)(F)F)C1=O. The summed E-state index contributed by atoms with van der Waals surface area (Å²) in [5.41, 5.74) is 0.0534. The molecule has 1 saturated heterocycles. The molecule has 5 amide bonds. The predicted molar refractivity (Wildman–Crippen MR) is 137 cm³/mol. The van der Waals surface area contributed by atoms with Gasteiger partial charge in [-0.25, -0.2) is 18.9 Å². The molecule has 2 aliphatic carbocycles. The first-order valence-electron chi connectivity index (χ1n) is 13.2. The second kappa shape index (κ2) is 10.7. The van der Waals surface area contributed by atoms with Crippen LogP contribution in [0.4, 0.5) is 32.8 Å². The van der Waals surface area contributed by atoms with Crippen LogP contribution in [0.2, 0.25) is 0 Å². The van der Waals surface area contributed by atoms with E-state index in [1.807, 2.05) is 0 Å². The number of hydrogen-bond donors (Lipinski definition) is 2. The largest absolute Gasteiger partial charge is 0.427 e. The fraction of sp³-hybridized carbons (Fsp3) is 0.429. The molecular formula is C28H28F4N4O5. The summed E-state index contributed by atoms with van der Waals surface area (Å²) >= 11 is 0. The molecular weight excluding hydrogens is 548 g/mol. The van der Waals surface area contributed by atoms with Gasteiger partial charge >= 0.3 is 18.3 Å². The van der Waals surface area contributed by atoms with Crippen LogP contribution in [0.1, 0.15) is 42.4 Å². The van der Waals surface area contributed by atoms with Crippen LogP contribution in [-0.2, 0) is 32.9 Å². The molecule has 41 heavy (non-hydrogen) atoms. The summed E-state index contributed by atoms with van der Waals surface area (Å²) in [5.74, 6) is -3.30. The first kappa shape index (κ1) is 28.4. The number of anilines is 1. The zero-order valence-corrected chi connectivity index (χ0v) is 22.1. The standard InChI is InChI=1S/C28H28F4N4O5/c1-33-25(39)34-20-10-11-21-18(13-20)3-2-12-27(21)24(38)36(26(40)41-27)15-22(37)35(14-16-4-8-19(29)9-5-16)23(17-6-7-17)28(30,31)32/h4-5,8-11,13,17,23H,2-3,6-7,12,14-15H2,1H3,(H2,33,34,39)/t23-,27?/m0/s1. The van der Waals surface area contributed by atoms with Crippen molar-refractivity contribution in [3.05, 3.63) is 65.0 Å². The van der Waals surface area contributed by atoms with Crippen molar-refractivity contribution in [1.29, 1.82) is 0 Å². The number of alkyl halides is 3. The maximum Gasteiger partial charge on any atom is 0.418 e. The monoisotopic (exact) mass is 576 g/mol.